The van der Waals surface area contributed by atoms with Crippen molar-refractivity contribution in [2.75, 3.05) is 28.4 Å². The number of nitrogens with zero attached hydrogens (tertiary/aromatic N) is 2. The first kappa shape index (κ1) is 28.1. The molecular formula is C26H29ClN2O7. The summed E-state index contributed by atoms with van der Waals surface area (Å²) < 4.78 is 23.9. The normalized spacial score (nSPS) is 10.9. The molecule has 10 heteroatoms. The van der Waals surface area contributed by atoms with Crippen LogP contribution in [0.1, 0.15) is 22.5 Å². The molecule has 0 aliphatic carbocycles. The standard InChI is InChI=1S/C26H28N2O7.ClH/c1-27-18(9-7-16-11-20(32-3)14-22(34-5)24(16)29)13-19(28(2)26(27)31)10-8-17-12-21(33-4)15-23(35-6)25(17)30;/h7-15H,1-6H3,(H,29,30);1H. The Morgan fingerprint density at radius 2 is 1.22 bits per heavy atom. The fourth-order valence-corrected chi connectivity index (χ4v) is 3.47. The number of phenols is 2. The van der Waals surface area contributed by atoms with Gasteiger partial charge in [0.25, 0.3) is 0 Å². The van der Waals surface area contributed by atoms with E-state index in [1.807, 2.05) is 0 Å². The van der Waals surface area contributed by atoms with Crippen LogP contribution in [-0.4, -0.2) is 43.2 Å². The Bertz CT molecular complexity index is 1260. The Kier molecular flexibility index (Phi) is 9.40. The molecule has 36 heavy (non-hydrogen) atoms. The van der Waals surface area contributed by atoms with Crippen molar-refractivity contribution in [1.29, 1.82) is 0 Å². The third-order valence-electron chi connectivity index (χ3n) is 5.58. The number of hydrogen-bond acceptors (Lipinski definition) is 7. The maximum absolute atomic E-state index is 12.8. The Morgan fingerprint density at radius 1 is 0.750 bits per heavy atom. The van der Waals surface area contributed by atoms with Gasteiger partial charge in [-0.2, -0.15) is 13.9 Å². The van der Waals surface area contributed by atoms with Crippen molar-refractivity contribution in [3.8, 4) is 34.5 Å². The number of hydrogen-bond donors (Lipinski definition) is 2. The number of aromatic hydroxyl groups is 2. The van der Waals surface area contributed by atoms with Gasteiger partial charge < -0.3 is 41.6 Å². The van der Waals surface area contributed by atoms with Gasteiger partial charge in [-0.05, 0) is 36.4 Å². The lowest BCUT2D eigenvalue weighted by molar-refractivity contribution is -0.692. The molecule has 3 aromatic rings. The second kappa shape index (κ2) is 12.0. The maximum Gasteiger partial charge on any atom is 0.498 e. The van der Waals surface area contributed by atoms with E-state index in [4.69, 9.17) is 18.9 Å². The van der Waals surface area contributed by atoms with Gasteiger partial charge in [-0.25, -0.2) is 0 Å². The van der Waals surface area contributed by atoms with Crippen molar-refractivity contribution in [2.24, 2.45) is 14.1 Å². The number of rotatable bonds is 8. The van der Waals surface area contributed by atoms with Crippen LogP contribution in [0.4, 0.5) is 0 Å². The SMILES string of the molecule is COc1cc(C=Cc2cc(C=Cc3cc(OC)cc(OC)c3O)[n+](C)c(=O)n2C)c(O)c(OC)c1.[Cl-]. The minimum atomic E-state index is -0.258. The van der Waals surface area contributed by atoms with E-state index in [1.165, 1.54) is 37.6 Å². The summed E-state index contributed by atoms with van der Waals surface area (Å²) in [6.07, 6.45) is 6.75. The van der Waals surface area contributed by atoms with Gasteiger partial charge in [0.1, 0.15) is 22.9 Å². The molecule has 0 unspecified atom stereocenters. The Hall–Kier alpha value is -4.11. The van der Waals surface area contributed by atoms with Crippen molar-refractivity contribution in [1.82, 2.24) is 4.57 Å². The van der Waals surface area contributed by atoms with Crippen molar-refractivity contribution in [3.63, 3.8) is 0 Å². The van der Waals surface area contributed by atoms with E-state index in [0.29, 0.717) is 34.0 Å². The minimum absolute atomic E-state index is 0. The van der Waals surface area contributed by atoms with Crippen molar-refractivity contribution in [2.45, 2.75) is 0 Å². The molecule has 1 heterocycles. The highest BCUT2D eigenvalue weighted by Crippen LogP contribution is 2.36. The number of ether oxygens (including phenoxy) is 4. The van der Waals surface area contributed by atoms with E-state index < -0.39 is 0 Å². The molecule has 1 aromatic heterocycles. The smallest absolute Gasteiger partial charge is 0.498 e. The molecule has 0 bridgehead atoms. The molecule has 0 saturated carbocycles. The molecule has 0 saturated heterocycles. The van der Waals surface area contributed by atoms with Crippen LogP contribution in [0.25, 0.3) is 24.3 Å². The van der Waals surface area contributed by atoms with E-state index in [-0.39, 0.29) is 41.1 Å². The molecule has 192 valence electrons. The molecule has 3 rings (SSSR count). The van der Waals surface area contributed by atoms with Crippen molar-refractivity contribution in [3.05, 3.63) is 63.3 Å². The first-order valence-corrected chi connectivity index (χ1v) is 10.6. The number of methoxy groups -OCH3 is 4. The van der Waals surface area contributed by atoms with Gasteiger partial charge in [-0.15, -0.1) is 0 Å². The van der Waals surface area contributed by atoms with Crippen LogP contribution >= 0.6 is 0 Å². The fraction of sp³-hybridized carbons (Fsp3) is 0.231. The van der Waals surface area contributed by atoms with E-state index >= 15 is 0 Å². The average Bonchev–Trinajstić information content (AvgIpc) is 2.87. The summed E-state index contributed by atoms with van der Waals surface area (Å²) in [4.78, 5) is 12.8. The van der Waals surface area contributed by atoms with E-state index in [1.54, 1.807) is 68.7 Å². The van der Waals surface area contributed by atoms with Gasteiger partial charge >= 0.3 is 5.69 Å². The van der Waals surface area contributed by atoms with Crippen LogP contribution in [0.2, 0.25) is 0 Å². The highest BCUT2D eigenvalue weighted by Gasteiger charge is 2.15. The summed E-state index contributed by atoms with van der Waals surface area (Å²) in [5.74, 6) is 1.50. The first-order chi connectivity index (χ1) is 16.7. The maximum atomic E-state index is 12.8. The third kappa shape index (κ3) is 5.75. The molecule has 0 fully saturated rings. The van der Waals surface area contributed by atoms with E-state index in [9.17, 15) is 15.0 Å². The summed E-state index contributed by atoms with van der Waals surface area (Å²) in [6.45, 7) is 0. The van der Waals surface area contributed by atoms with Crippen molar-refractivity contribution < 1.29 is 46.1 Å². The van der Waals surface area contributed by atoms with E-state index in [2.05, 4.69) is 0 Å². The third-order valence-corrected chi connectivity index (χ3v) is 5.58. The number of benzene rings is 2. The van der Waals surface area contributed by atoms with Gasteiger partial charge in [-0.3, -0.25) is 0 Å². The summed E-state index contributed by atoms with van der Waals surface area (Å²) in [6, 6.07) is 8.29. The summed E-state index contributed by atoms with van der Waals surface area (Å²) >= 11 is 0. The second-order valence-corrected chi connectivity index (χ2v) is 7.60. The van der Waals surface area contributed by atoms with Crippen molar-refractivity contribution >= 4 is 24.3 Å². The van der Waals surface area contributed by atoms with Crippen LogP contribution in [-0.2, 0) is 14.1 Å². The molecule has 0 spiro atoms. The number of aromatic nitrogens is 2. The summed E-state index contributed by atoms with van der Waals surface area (Å²) in [5, 5.41) is 20.9. The molecule has 2 N–H and O–H groups in total. The molecule has 0 radical (unpaired) electrons. The van der Waals surface area contributed by atoms with Gasteiger partial charge in [0.05, 0.1) is 42.5 Å². The molecule has 9 nitrogen and oxygen atoms in total. The fourth-order valence-electron chi connectivity index (χ4n) is 3.47. The molecule has 0 aliphatic rings. The zero-order chi connectivity index (χ0) is 25.7. The quantitative estimate of drug-likeness (QED) is 0.406. The average molecular weight is 517 g/mol. The Balaban J connectivity index is 0.00000456. The lowest BCUT2D eigenvalue weighted by Gasteiger charge is -2.09. The summed E-state index contributed by atoms with van der Waals surface area (Å²) in [7, 11) is 9.26. The highest BCUT2D eigenvalue weighted by molar-refractivity contribution is 5.76. The van der Waals surface area contributed by atoms with Gasteiger partial charge in [0, 0.05) is 29.3 Å². The highest BCUT2D eigenvalue weighted by atomic mass is 35.5. The Labute approximate surface area is 215 Å². The number of halogens is 1. The van der Waals surface area contributed by atoms with E-state index in [0.717, 1.165) is 0 Å². The molecule has 2 aromatic carbocycles. The minimum Gasteiger partial charge on any atom is -1.00 e. The predicted octanol–water partition coefficient (Wildman–Crippen LogP) is 0.000200. The van der Waals surface area contributed by atoms with Gasteiger partial charge in [-0.1, -0.05) is 0 Å². The van der Waals surface area contributed by atoms with Crippen LogP contribution in [0.5, 0.6) is 34.5 Å². The Morgan fingerprint density at radius 3 is 1.67 bits per heavy atom. The molecule has 0 aliphatic heterocycles. The monoisotopic (exact) mass is 516 g/mol. The zero-order valence-corrected chi connectivity index (χ0v) is 21.7. The lowest BCUT2D eigenvalue weighted by atomic mass is 10.1. The zero-order valence-electron chi connectivity index (χ0n) is 20.9. The number of phenolic OH excluding ortho intramolecular Hbond substituents is 2. The topological polar surface area (TPSA) is 103 Å². The second-order valence-electron chi connectivity index (χ2n) is 7.60. The van der Waals surface area contributed by atoms with Crippen LogP contribution in [0, 0.1) is 0 Å². The first-order valence-electron chi connectivity index (χ1n) is 10.6. The summed E-state index contributed by atoms with van der Waals surface area (Å²) in [5.41, 5.74) is 1.84. The van der Waals surface area contributed by atoms with Gasteiger partial charge in [0.15, 0.2) is 23.0 Å². The predicted molar refractivity (Wildman–Crippen MR) is 133 cm³/mol. The molecule has 0 atom stereocenters. The lowest BCUT2D eigenvalue weighted by Crippen LogP contribution is -3.00. The van der Waals surface area contributed by atoms with Gasteiger partial charge in [0.2, 0.25) is 0 Å². The molecular weight excluding hydrogens is 488 g/mol. The molecule has 0 amide bonds. The van der Waals surface area contributed by atoms with Crippen LogP contribution in [0.3, 0.4) is 0 Å². The largest absolute Gasteiger partial charge is 1.00 e. The van der Waals surface area contributed by atoms with Crippen LogP contribution < -0.4 is 41.6 Å². The van der Waals surface area contributed by atoms with Crippen LogP contribution in [0.15, 0.2) is 35.1 Å².